The number of rotatable bonds is 6. The summed E-state index contributed by atoms with van der Waals surface area (Å²) < 4.78 is 34.4. The van der Waals surface area contributed by atoms with Crippen LogP contribution in [0.3, 0.4) is 0 Å². The number of ether oxygens (including phenoxy) is 6. The van der Waals surface area contributed by atoms with Crippen LogP contribution in [0.25, 0.3) is 0 Å². The van der Waals surface area contributed by atoms with E-state index in [0.717, 1.165) is 16.9 Å². The quantitative estimate of drug-likeness (QED) is 0.735. The summed E-state index contributed by atoms with van der Waals surface area (Å²) in [5, 5.41) is 20.0. The SMILES string of the molecule is COc1ccc([C@@H]2OC[C@@H]3O[C@H](c4ccc(OC)cc4)O[C@H]([C@H](O)CO)[C@@H]3O2)cc1. The summed E-state index contributed by atoms with van der Waals surface area (Å²) in [7, 11) is 3.20. The van der Waals surface area contributed by atoms with Gasteiger partial charge in [-0.2, -0.15) is 0 Å². The lowest BCUT2D eigenvalue weighted by Gasteiger charge is -2.47. The van der Waals surface area contributed by atoms with E-state index >= 15 is 0 Å². The van der Waals surface area contributed by atoms with Gasteiger partial charge in [-0.05, 0) is 24.3 Å². The fourth-order valence-corrected chi connectivity index (χ4v) is 3.63. The first-order valence-corrected chi connectivity index (χ1v) is 9.77. The number of benzene rings is 2. The summed E-state index contributed by atoms with van der Waals surface area (Å²) >= 11 is 0. The van der Waals surface area contributed by atoms with Gasteiger partial charge in [-0.15, -0.1) is 0 Å². The predicted molar refractivity (Wildman–Crippen MR) is 105 cm³/mol. The van der Waals surface area contributed by atoms with Gasteiger partial charge in [0.25, 0.3) is 0 Å². The average Bonchev–Trinajstić information content (AvgIpc) is 2.82. The van der Waals surface area contributed by atoms with Crippen LogP contribution in [0.2, 0.25) is 0 Å². The lowest BCUT2D eigenvalue weighted by Crippen LogP contribution is -2.58. The second-order valence-electron chi connectivity index (χ2n) is 7.17. The molecule has 8 heteroatoms. The van der Waals surface area contributed by atoms with Crippen LogP contribution < -0.4 is 9.47 Å². The highest BCUT2D eigenvalue weighted by molar-refractivity contribution is 5.29. The Morgan fingerprint density at radius 1 is 0.867 bits per heavy atom. The molecule has 0 spiro atoms. The molecule has 2 aromatic rings. The third-order valence-corrected chi connectivity index (χ3v) is 5.30. The van der Waals surface area contributed by atoms with Crippen molar-refractivity contribution in [3.05, 3.63) is 59.7 Å². The van der Waals surface area contributed by atoms with Crippen molar-refractivity contribution in [2.45, 2.75) is 37.0 Å². The van der Waals surface area contributed by atoms with Crippen LogP contribution in [0.1, 0.15) is 23.7 Å². The molecule has 2 N–H and O–H groups in total. The van der Waals surface area contributed by atoms with Gasteiger partial charge in [0, 0.05) is 11.1 Å². The van der Waals surface area contributed by atoms with E-state index in [2.05, 4.69) is 0 Å². The number of aliphatic hydroxyl groups is 2. The molecule has 6 atom stereocenters. The van der Waals surface area contributed by atoms with Crippen molar-refractivity contribution < 1.29 is 38.6 Å². The van der Waals surface area contributed by atoms with Crippen molar-refractivity contribution in [3.8, 4) is 11.5 Å². The molecule has 0 amide bonds. The average molecular weight is 418 g/mol. The highest BCUT2D eigenvalue weighted by Gasteiger charge is 2.48. The highest BCUT2D eigenvalue weighted by atomic mass is 16.8. The van der Waals surface area contributed by atoms with Crippen LogP contribution in [-0.2, 0) is 18.9 Å². The molecule has 2 heterocycles. The minimum absolute atomic E-state index is 0.256. The first kappa shape index (κ1) is 21.0. The van der Waals surface area contributed by atoms with E-state index in [4.69, 9.17) is 28.4 Å². The largest absolute Gasteiger partial charge is 0.497 e. The maximum absolute atomic E-state index is 10.4. The zero-order chi connectivity index (χ0) is 21.1. The first-order chi connectivity index (χ1) is 14.6. The molecule has 8 nitrogen and oxygen atoms in total. The molecule has 2 fully saturated rings. The molecule has 4 rings (SSSR count). The topological polar surface area (TPSA) is 95.8 Å². The van der Waals surface area contributed by atoms with E-state index < -0.39 is 43.6 Å². The highest BCUT2D eigenvalue weighted by Crippen LogP contribution is 2.39. The Morgan fingerprint density at radius 3 is 1.97 bits per heavy atom. The second-order valence-corrected chi connectivity index (χ2v) is 7.17. The van der Waals surface area contributed by atoms with Crippen molar-refractivity contribution >= 4 is 0 Å². The Hall–Kier alpha value is -2.20. The minimum atomic E-state index is -1.13. The maximum Gasteiger partial charge on any atom is 0.184 e. The molecule has 2 saturated heterocycles. The number of hydrogen-bond donors (Lipinski definition) is 2. The Morgan fingerprint density at radius 2 is 1.43 bits per heavy atom. The van der Waals surface area contributed by atoms with E-state index in [1.807, 2.05) is 36.4 Å². The molecule has 2 aliphatic rings. The Balaban J connectivity index is 1.52. The van der Waals surface area contributed by atoms with E-state index in [-0.39, 0.29) is 6.61 Å². The van der Waals surface area contributed by atoms with Gasteiger partial charge in [0.05, 0.1) is 27.4 Å². The third kappa shape index (κ3) is 4.29. The Bertz CT molecular complexity index is 807. The number of hydrogen-bond acceptors (Lipinski definition) is 8. The van der Waals surface area contributed by atoms with Gasteiger partial charge >= 0.3 is 0 Å². The lowest BCUT2D eigenvalue weighted by atomic mass is 9.99. The fraction of sp³-hybridized carbons (Fsp3) is 0.455. The second kappa shape index (κ2) is 9.30. The zero-order valence-corrected chi connectivity index (χ0v) is 16.8. The normalized spacial score (nSPS) is 29.7. The van der Waals surface area contributed by atoms with Crippen molar-refractivity contribution in [1.82, 2.24) is 0 Å². The van der Waals surface area contributed by atoms with Gasteiger partial charge in [0.15, 0.2) is 12.6 Å². The summed E-state index contributed by atoms with van der Waals surface area (Å²) in [4.78, 5) is 0. The molecule has 0 saturated carbocycles. The van der Waals surface area contributed by atoms with Crippen molar-refractivity contribution in [3.63, 3.8) is 0 Å². The minimum Gasteiger partial charge on any atom is -0.497 e. The lowest BCUT2D eigenvalue weighted by molar-refractivity contribution is -0.373. The summed E-state index contributed by atoms with van der Waals surface area (Å²) in [6.07, 6.45) is -4.36. The van der Waals surface area contributed by atoms with Crippen LogP contribution in [0.4, 0.5) is 0 Å². The van der Waals surface area contributed by atoms with Crippen molar-refractivity contribution in [2.24, 2.45) is 0 Å². The molecule has 2 aliphatic heterocycles. The van der Waals surface area contributed by atoms with Crippen molar-refractivity contribution in [1.29, 1.82) is 0 Å². The molecule has 0 aromatic heterocycles. The smallest absolute Gasteiger partial charge is 0.184 e. The van der Waals surface area contributed by atoms with Crippen LogP contribution in [0, 0.1) is 0 Å². The monoisotopic (exact) mass is 418 g/mol. The first-order valence-electron chi connectivity index (χ1n) is 9.77. The summed E-state index contributed by atoms with van der Waals surface area (Å²) in [5.41, 5.74) is 1.57. The molecule has 30 heavy (non-hydrogen) atoms. The van der Waals surface area contributed by atoms with E-state index in [9.17, 15) is 10.2 Å². The van der Waals surface area contributed by atoms with Gasteiger partial charge in [-0.25, -0.2) is 0 Å². The number of methoxy groups -OCH3 is 2. The zero-order valence-electron chi connectivity index (χ0n) is 16.8. The summed E-state index contributed by atoms with van der Waals surface area (Å²) in [6.45, 7) is -0.202. The Labute approximate surface area is 174 Å². The van der Waals surface area contributed by atoms with E-state index in [1.165, 1.54) is 0 Å². The van der Waals surface area contributed by atoms with Gasteiger partial charge in [0.2, 0.25) is 0 Å². The van der Waals surface area contributed by atoms with E-state index in [1.54, 1.807) is 26.4 Å². The summed E-state index contributed by atoms with van der Waals surface area (Å²) in [6, 6.07) is 14.6. The molecule has 0 radical (unpaired) electrons. The molecule has 162 valence electrons. The van der Waals surface area contributed by atoms with Crippen LogP contribution in [0.5, 0.6) is 11.5 Å². The predicted octanol–water partition coefficient (Wildman–Crippen LogP) is 1.95. The summed E-state index contributed by atoms with van der Waals surface area (Å²) in [5.74, 6) is 1.44. The van der Waals surface area contributed by atoms with E-state index in [0.29, 0.717) is 5.75 Å². The molecule has 0 unspecified atom stereocenters. The molecule has 2 aromatic carbocycles. The molecular formula is C22H26O8. The maximum atomic E-state index is 10.4. The molecule has 0 aliphatic carbocycles. The van der Waals surface area contributed by atoms with Crippen LogP contribution in [-0.4, -0.2) is 62.1 Å². The fourth-order valence-electron chi connectivity index (χ4n) is 3.63. The number of fused-ring (bicyclic) bond motifs is 1. The van der Waals surface area contributed by atoms with Crippen LogP contribution in [0.15, 0.2) is 48.5 Å². The van der Waals surface area contributed by atoms with Gasteiger partial charge in [-0.1, -0.05) is 24.3 Å². The van der Waals surface area contributed by atoms with Crippen molar-refractivity contribution in [2.75, 3.05) is 27.4 Å². The molecule has 0 bridgehead atoms. The number of aliphatic hydroxyl groups excluding tert-OH is 2. The third-order valence-electron chi connectivity index (χ3n) is 5.30. The van der Waals surface area contributed by atoms with Gasteiger partial charge in [-0.3, -0.25) is 0 Å². The van der Waals surface area contributed by atoms with Gasteiger partial charge in [0.1, 0.15) is 35.9 Å². The Kier molecular flexibility index (Phi) is 6.52. The standard InChI is InChI=1S/C22H26O8/c1-25-15-7-3-13(4-8-15)21-27-12-18-20(30-21)19(17(24)11-23)29-22(28-18)14-5-9-16(26-2)10-6-14/h3-10,17-24H,11-12H2,1-2H3/t17-,18+,19-,20-,21-,22+/m1/s1. The molecular weight excluding hydrogens is 392 g/mol. The van der Waals surface area contributed by atoms with Gasteiger partial charge < -0.3 is 38.6 Å². The van der Waals surface area contributed by atoms with Crippen LogP contribution >= 0.6 is 0 Å².